The molecular weight excluding hydrogens is 301 g/mol. The highest BCUT2D eigenvalue weighted by atomic mass is 32.1. The Morgan fingerprint density at radius 3 is 2.71 bits per heavy atom. The number of amides is 1. The van der Waals surface area contributed by atoms with Gasteiger partial charge in [-0.3, -0.25) is 4.79 Å². The third kappa shape index (κ3) is 2.78. The molecule has 0 radical (unpaired) electrons. The van der Waals surface area contributed by atoms with Crippen LogP contribution in [-0.2, 0) is 6.18 Å². The molecule has 0 atom stereocenters. The van der Waals surface area contributed by atoms with Crippen molar-refractivity contribution < 1.29 is 18.0 Å². The Labute approximate surface area is 121 Å². The zero-order chi connectivity index (χ0) is 15.0. The van der Waals surface area contributed by atoms with Crippen LogP contribution in [0.2, 0.25) is 0 Å². The molecule has 0 saturated carbocycles. The van der Waals surface area contributed by atoms with E-state index in [-0.39, 0.29) is 5.69 Å². The highest BCUT2D eigenvalue weighted by Crippen LogP contribution is 2.30. The van der Waals surface area contributed by atoms with Crippen molar-refractivity contribution in [3.63, 3.8) is 0 Å². The van der Waals surface area contributed by atoms with Gasteiger partial charge in [0.05, 0.1) is 15.8 Å². The molecule has 0 aliphatic heterocycles. The minimum absolute atomic E-state index is 0.104. The first-order valence-corrected chi connectivity index (χ1v) is 6.86. The van der Waals surface area contributed by atoms with Gasteiger partial charge in [-0.25, -0.2) is 0 Å². The molecule has 2 aromatic heterocycles. The van der Waals surface area contributed by atoms with Gasteiger partial charge < -0.3 is 10.3 Å². The molecular formula is C14H9F3N2OS. The Morgan fingerprint density at radius 2 is 2.00 bits per heavy atom. The fraction of sp³-hybridized carbons (Fsp3) is 0.0714. The molecule has 3 aromatic rings. The van der Waals surface area contributed by atoms with Gasteiger partial charge in [0, 0.05) is 5.69 Å². The summed E-state index contributed by atoms with van der Waals surface area (Å²) in [5.41, 5.74) is 0.448. The number of thiophene rings is 1. The molecule has 7 heteroatoms. The quantitative estimate of drug-likeness (QED) is 0.719. The Hall–Kier alpha value is -2.28. The molecule has 0 aliphatic rings. The molecule has 21 heavy (non-hydrogen) atoms. The normalized spacial score (nSPS) is 11.8. The second-order valence-corrected chi connectivity index (χ2v) is 5.36. The van der Waals surface area contributed by atoms with Crippen LogP contribution in [0.15, 0.2) is 41.8 Å². The summed E-state index contributed by atoms with van der Waals surface area (Å²) in [5, 5.41) is 4.34. The van der Waals surface area contributed by atoms with Gasteiger partial charge in [-0.2, -0.15) is 13.2 Å². The number of halogens is 3. The van der Waals surface area contributed by atoms with E-state index in [9.17, 15) is 18.0 Å². The first kappa shape index (κ1) is 13.7. The average Bonchev–Trinajstić information content (AvgIpc) is 2.98. The molecule has 108 valence electrons. The summed E-state index contributed by atoms with van der Waals surface area (Å²) < 4.78 is 38.7. The number of nitrogens with one attached hydrogen (secondary N) is 2. The van der Waals surface area contributed by atoms with Crippen LogP contribution in [-0.4, -0.2) is 10.9 Å². The van der Waals surface area contributed by atoms with E-state index in [0.29, 0.717) is 5.69 Å². The zero-order valence-electron chi connectivity index (χ0n) is 10.5. The summed E-state index contributed by atoms with van der Waals surface area (Å²) in [6, 6.07) is 8.04. The van der Waals surface area contributed by atoms with Crippen molar-refractivity contribution in [3.8, 4) is 0 Å². The number of rotatable bonds is 2. The summed E-state index contributed by atoms with van der Waals surface area (Å²) in [4.78, 5) is 14.9. The highest BCUT2D eigenvalue weighted by Gasteiger charge is 2.30. The smallest absolute Gasteiger partial charge is 0.350 e. The van der Waals surface area contributed by atoms with Gasteiger partial charge in [0.1, 0.15) is 5.69 Å². The van der Waals surface area contributed by atoms with Crippen LogP contribution < -0.4 is 5.32 Å². The van der Waals surface area contributed by atoms with Gasteiger partial charge in [0.15, 0.2) is 0 Å². The molecule has 0 spiro atoms. The number of carbonyl (C=O) groups is 1. The number of H-pyrrole nitrogens is 1. The van der Waals surface area contributed by atoms with E-state index in [2.05, 4.69) is 10.3 Å². The van der Waals surface area contributed by atoms with Crippen molar-refractivity contribution in [1.29, 1.82) is 0 Å². The predicted octanol–water partition coefficient (Wildman–Crippen LogP) is 4.50. The topological polar surface area (TPSA) is 44.9 Å². The second kappa shape index (κ2) is 4.92. The lowest BCUT2D eigenvalue weighted by Gasteiger charge is -2.09. The van der Waals surface area contributed by atoms with E-state index in [1.807, 2.05) is 11.4 Å². The van der Waals surface area contributed by atoms with E-state index in [0.717, 1.165) is 22.3 Å². The number of carbonyl (C=O) groups excluding carboxylic acids is 1. The fourth-order valence-electron chi connectivity index (χ4n) is 1.94. The fourth-order valence-corrected chi connectivity index (χ4v) is 2.72. The van der Waals surface area contributed by atoms with Gasteiger partial charge in [-0.05, 0) is 35.7 Å². The highest BCUT2D eigenvalue weighted by molar-refractivity contribution is 7.17. The molecule has 0 unspecified atom stereocenters. The van der Waals surface area contributed by atoms with Crippen LogP contribution in [0.3, 0.4) is 0 Å². The number of alkyl halides is 3. The lowest BCUT2D eigenvalue weighted by molar-refractivity contribution is -0.137. The van der Waals surface area contributed by atoms with Crippen molar-refractivity contribution >= 4 is 33.1 Å². The third-order valence-electron chi connectivity index (χ3n) is 2.93. The van der Waals surface area contributed by atoms with Crippen LogP contribution in [0.25, 0.3) is 10.2 Å². The van der Waals surface area contributed by atoms with Crippen LogP contribution in [0.1, 0.15) is 16.1 Å². The van der Waals surface area contributed by atoms with E-state index in [1.165, 1.54) is 23.5 Å². The number of anilines is 1. The van der Waals surface area contributed by atoms with Crippen LogP contribution in [0.5, 0.6) is 0 Å². The Bertz CT molecular complexity index is 775. The zero-order valence-corrected chi connectivity index (χ0v) is 11.3. The molecule has 0 aliphatic carbocycles. The second-order valence-electron chi connectivity index (χ2n) is 4.41. The Morgan fingerprint density at radius 1 is 1.19 bits per heavy atom. The van der Waals surface area contributed by atoms with Gasteiger partial charge in [-0.15, -0.1) is 11.3 Å². The lowest BCUT2D eigenvalue weighted by Crippen LogP contribution is -2.13. The van der Waals surface area contributed by atoms with Gasteiger partial charge in [-0.1, -0.05) is 6.07 Å². The minimum Gasteiger partial charge on any atom is -0.350 e. The molecule has 3 nitrogen and oxygen atoms in total. The first-order valence-electron chi connectivity index (χ1n) is 5.98. The number of fused-ring (bicyclic) bond motifs is 1. The monoisotopic (exact) mass is 310 g/mol. The van der Waals surface area contributed by atoms with Gasteiger partial charge in [0.2, 0.25) is 0 Å². The number of aromatic nitrogens is 1. The molecule has 2 heterocycles. The molecule has 0 bridgehead atoms. The first-order chi connectivity index (χ1) is 9.93. The van der Waals surface area contributed by atoms with Crippen LogP contribution in [0.4, 0.5) is 18.9 Å². The molecule has 1 amide bonds. The van der Waals surface area contributed by atoms with Crippen LogP contribution >= 0.6 is 11.3 Å². The SMILES string of the molecule is O=C(Nc1cccc(C(F)(F)F)c1)c1cc2sccc2[nH]1. The third-order valence-corrected chi connectivity index (χ3v) is 3.80. The van der Waals surface area contributed by atoms with Gasteiger partial charge >= 0.3 is 6.18 Å². The predicted molar refractivity (Wildman–Crippen MR) is 75.6 cm³/mol. The van der Waals surface area contributed by atoms with Crippen molar-refractivity contribution in [2.24, 2.45) is 0 Å². The lowest BCUT2D eigenvalue weighted by atomic mass is 10.2. The summed E-state index contributed by atoms with van der Waals surface area (Å²) >= 11 is 1.48. The average molecular weight is 310 g/mol. The number of hydrogen-bond acceptors (Lipinski definition) is 2. The number of hydrogen-bond donors (Lipinski definition) is 2. The largest absolute Gasteiger partial charge is 0.416 e. The maximum atomic E-state index is 12.6. The number of benzene rings is 1. The number of aromatic amines is 1. The van der Waals surface area contributed by atoms with Crippen molar-refractivity contribution in [1.82, 2.24) is 4.98 Å². The maximum absolute atomic E-state index is 12.6. The molecule has 0 saturated heterocycles. The van der Waals surface area contributed by atoms with E-state index in [1.54, 1.807) is 6.07 Å². The summed E-state index contributed by atoms with van der Waals surface area (Å²) in [5.74, 6) is -0.474. The Balaban J connectivity index is 1.83. The van der Waals surface area contributed by atoms with Gasteiger partial charge in [0.25, 0.3) is 5.91 Å². The summed E-state index contributed by atoms with van der Waals surface area (Å²) in [6.45, 7) is 0. The maximum Gasteiger partial charge on any atom is 0.416 e. The molecule has 2 N–H and O–H groups in total. The van der Waals surface area contributed by atoms with E-state index >= 15 is 0 Å². The Kier molecular flexibility index (Phi) is 3.21. The summed E-state index contributed by atoms with van der Waals surface area (Å²) in [7, 11) is 0. The van der Waals surface area contributed by atoms with E-state index < -0.39 is 17.6 Å². The minimum atomic E-state index is -4.43. The molecule has 3 rings (SSSR count). The summed E-state index contributed by atoms with van der Waals surface area (Å²) in [6.07, 6.45) is -4.43. The van der Waals surface area contributed by atoms with Crippen molar-refractivity contribution in [3.05, 3.63) is 53.0 Å². The molecule has 1 aromatic carbocycles. The van der Waals surface area contributed by atoms with Crippen molar-refractivity contribution in [2.45, 2.75) is 6.18 Å². The van der Waals surface area contributed by atoms with E-state index in [4.69, 9.17) is 0 Å². The standard InChI is InChI=1S/C14H9F3N2OS/c15-14(16,17)8-2-1-3-9(6-8)18-13(20)11-7-12-10(19-11)4-5-21-12/h1-7,19H,(H,18,20). The van der Waals surface area contributed by atoms with Crippen LogP contribution in [0, 0.1) is 0 Å². The molecule has 0 fully saturated rings. The van der Waals surface area contributed by atoms with Crippen molar-refractivity contribution in [2.75, 3.05) is 5.32 Å².